The van der Waals surface area contributed by atoms with E-state index in [1.165, 1.54) is 19.1 Å². The minimum atomic E-state index is -2.12. The third-order valence-corrected chi connectivity index (χ3v) is 5.84. The summed E-state index contributed by atoms with van der Waals surface area (Å²) in [5.74, 6) is -2.00. The number of nitrogens with one attached hydrogen (secondary N) is 2. The van der Waals surface area contributed by atoms with Gasteiger partial charge in [-0.15, -0.1) is 0 Å². The summed E-state index contributed by atoms with van der Waals surface area (Å²) in [6, 6.07) is 3.93. The summed E-state index contributed by atoms with van der Waals surface area (Å²) in [4.78, 5) is 38.1. The van der Waals surface area contributed by atoms with Crippen molar-refractivity contribution in [3.05, 3.63) is 34.6 Å². The van der Waals surface area contributed by atoms with Gasteiger partial charge in [0.05, 0.1) is 0 Å². The average molecular weight is 426 g/mol. The van der Waals surface area contributed by atoms with Crippen LogP contribution in [0, 0.1) is 5.82 Å². The zero-order chi connectivity index (χ0) is 21.2. The van der Waals surface area contributed by atoms with Crippen LogP contribution in [-0.2, 0) is 20.9 Å². The highest BCUT2D eigenvalue weighted by molar-refractivity contribution is 6.30. The van der Waals surface area contributed by atoms with E-state index in [-0.39, 0.29) is 36.0 Å². The summed E-state index contributed by atoms with van der Waals surface area (Å²) < 4.78 is 13.4. The number of rotatable bonds is 5. The SMILES string of the molecule is CC(=O)N[C@H]1CC[C@H](N2CCC(O)(C(=O)NCc3cc(F)cc(Cl)c3)C2=O)CC1. The molecule has 3 N–H and O–H groups in total. The van der Waals surface area contributed by atoms with Crippen LogP contribution in [0.25, 0.3) is 0 Å². The maximum atomic E-state index is 13.4. The summed E-state index contributed by atoms with van der Waals surface area (Å²) in [6.07, 6.45) is 2.91. The fraction of sp³-hybridized carbons (Fsp3) is 0.550. The molecule has 3 rings (SSSR count). The van der Waals surface area contributed by atoms with Crippen LogP contribution in [0.4, 0.5) is 4.39 Å². The second-order valence-electron chi connectivity index (χ2n) is 7.78. The molecule has 7 nitrogen and oxygen atoms in total. The first-order valence-corrected chi connectivity index (χ1v) is 10.1. The number of carbonyl (C=O) groups excluding carboxylic acids is 3. The summed E-state index contributed by atoms with van der Waals surface area (Å²) >= 11 is 5.80. The van der Waals surface area contributed by atoms with E-state index in [2.05, 4.69) is 10.6 Å². The Kier molecular flexibility index (Phi) is 6.43. The lowest BCUT2D eigenvalue weighted by Crippen LogP contribution is -2.54. The topological polar surface area (TPSA) is 98.7 Å². The van der Waals surface area contributed by atoms with Crippen molar-refractivity contribution in [2.24, 2.45) is 0 Å². The Labute approximate surface area is 173 Å². The summed E-state index contributed by atoms with van der Waals surface area (Å²) in [7, 11) is 0. The third kappa shape index (κ3) is 4.87. The molecule has 1 unspecified atom stereocenters. The molecule has 1 saturated carbocycles. The maximum absolute atomic E-state index is 13.4. The molecular weight excluding hydrogens is 401 g/mol. The molecule has 158 valence electrons. The smallest absolute Gasteiger partial charge is 0.264 e. The number of hydrogen-bond donors (Lipinski definition) is 3. The molecule has 2 fully saturated rings. The number of aliphatic hydroxyl groups is 1. The van der Waals surface area contributed by atoms with Crippen LogP contribution in [0.5, 0.6) is 0 Å². The van der Waals surface area contributed by atoms with Crippen LogP contribution in [0.2, 0.25) is 5.02 Å². The van der Waals surface area contributed by atoms with Gasteiger partial charge in [0, 0.05) is 43.5 Å². The largest absolute Gasteiger partial charge is 0.372 e. The molecule has 3 amide bonds. The van der Waals surface area contributed by atoms with Crippen molar-refractivity contribution in [2.45, 2.75) is 63.3 Å². The number of carbonyl (C=O) groups is 3. The van der Waals surface area contributed by atoms with E-state index in [1.807, 2.05) is 0 Å². The Morgan fingerprint density at radius 2 is 1.97 bits per heavy atom. The second kappa shape index (κ2) is 8.67. The number of likely N-dealkylation sites (tertiary alicyclic amines) is 1. The minimum Gasteiger partial charge on any atom is -0.372 e. The molecule has 1 aromatic carbocycles. The fourth-order valence-corrected chi connectivity index (χ4v) is 4.39. The number of benzene rings is 1. The monoisotopic (exact) mass is 425 g/mol. The van der Waals surface area contributed by atoms with Crippen LogP contribution < -0.4 is 10.6 Å². The Morgan fingerprint density at radius 3 is 2.59 bits per heavy atom. The molecule has 1 aliphatic heterocycles. The van der Waals surface area contributed by atoms with E-state index in [0.29, 0.717) is 24.9 Å². The molecule has 2 aliphatic rings. The zero-order valence-electron chi connectivity index (χ0n) is 16.2. The number of hydrogen-bond acceptors (Lipinski definition) is 4. The van der Waals surface area contributed by atoms with Crippen molar-refractivity contribution in [3.63, 3.8) is 0 Å². The predicted octanol–water partition coefficient (Wildman–Crippen LogP) is 1.51. The Morgan fingerprint density at radius 1 is 1.28 bits per heavy atom. The van der Waals surface area contributed by atoms with Gasteiger partial charge >= 0.3 is 0 Å². The standard InChI is InChI=1S/C20H25ClFN3O4/c1-12(26)24-16-2-4-17(5-3-16)25-7-6-20(29,19(25)28)18(27)23-11-13-8-14(21)10-15(22)9-13/h8-10,16-17,29H,2-7,11H2,1H3,(H,23,27)(H,24,26)/t16-,17-,20?. The average Bonchev–Trinajstić information content (AvgIpc) is 2.95. The lowest BCUT2D eigenvalue weighted by atomic mass is 9.90. The van der Waals surface area contributed by atoms with Gasteiger partial charge in [-0.2, -0.15) is 0 Å². The van der Waals surface area contributed by atoms with E-state index < -0.39 is 23.2 Å². The quantitative estimate of drug-likeness (QED) is 0.623. The molecule has 1 atom stereocenters. The Balaban J connectivity index is 1.57. The van der Waals surface area contributed by atoms with Crippen LogP contribution in [0.1, 0.15) is 44.6 Å². The lowest BCUT2D eigenvalue weighted by Gasteiger charge is -2.35. The van der Waals surface area contributed by atoms with Crippen LogP contribution >= 0.6 is 11.6 Å². The molecule has 1 saturated heterocycles. The molecule has 9 heteroatoms. The van der Waals surface area contributed by atoms with Crippen molar-refractivity contribution in [3.8, 4) is 0 Å². The molecule has 1 heterocycles. The van der Waals surface area contributed by atoms with Crippen LogP contribution in [0.15, 0.2) is 18.2 Å². The van der Waals surface area contributed by atoms with Gasteiger partial charge in [-0.05, 0) is 49.4 Å². The van der Waals surface area contributed by atoms with Crippen LogP contribution in [0.3, 0.4) is 0 Å². The highest BCUT2D eigenvalue weighted by Crippen LogP contribution is 2.31. The Hall–Kier alpha value is -2.19. The van der Waals surface area contributed by atoms with Gasteiger partial charge in [-0.25, -0.2) is 4.39 Å². The second-order valence-corrected chi connectivity index (χ2v) is 8.21. The van der Waals surface area contributed by atoms with Gasteiger partial charge in [-0.3, -0.25) is 14.4 Å². The van der Waals surface area contributed by atoms with E-state index in [0.717, 1.165) is 18.9 Å². The zero-order valence-corrected chi connectivity index (χ0v) is 17.0. The van der Waals surface area contributed by atoms with Gasteiger partial charge in [0.25, 0.3) is 11.8 Å². The van der Waals surface area contributed by atoms with Crippen molar-refractivity contribution in [2.75, 3.05) is 6.54 Å². The summed E-state index contributed by atoms with van der Waals surface area (Å²) in [5, 5.41) is 16.3. The van der Waals surface area contributed by atoms with Crippen molar-refractivity contribution >= 4 is 29.3 Å². The van der Waals surface area contributed by atoms with Gasteiger partial charge in [0.1, 0.15) is 5.82 Å². The van der Waals surface area contributed by atoms with Crippen LogP contribution in [-0.4, -0.2) is 52.0 Å². The van der Waals surface area contributed by atoms with Gasteiger partial charge < -0.3 is 20.6 Å². The number of amides is 3. The molecule has 0 aromatic heterocycles. The van der Waals surface area contributed by atoms with Gasteiger partial charge in [0.15, 0.2) is 0 Å². The van der Waals surface area contributed by atoms with E-state index in [4.69, 9.17) is 11.6 Å². The summed E-state index contributed by atoms with van der Waals surface area (Å²) in [5.41, 5.74) is -1.68. The number of nitrogens with zero attached hydrogens (tertiary/aromatic N) is 1. The predicted molar refractivity (Wildman–Crippen MR) is 104 cm³/mol. The van der Waals surface area contributed by atoms with E-state index in [9.17, 15) is 23.9 Å². The third-order valence-electron chi connectivity index (χ3n) is 5.63. The van der Waals surface area contributed by atoms with Crippen molar-refractivity contribution in [1.29, 1.82) is 0 Å². The Bertz CT molecular complexity index is 793. The lowest BCUT2D eigenvalue weighted by molar-refractivity contribution is -0.155. The first-order chi connectivity index (χ1) is 13.7. The fourth-order valence-electron chi connectivity index (χ4n) is 4.15. The highest BCUT2D eigenvalue weighted by Gasteiger charge is 2.52. The number of halogens is 2. The molecule has 29 heavy (non-hydrogen) atoms. The van der Waals surface area contributed by atoms with E-state index in [1.54, 1.807) is 4.90 Å². The first kappa shape index (κ1) is 21.5. The first-order valence-electron chi connectivity index (χ1n) is 9.73. The van der Waals surface area contributed by atoms with Crippen molar-refractivity contribution in [1.82, 2.24) is 15.5 Å². The molecule has 1 aromatic rings. The van der Waals surface area contributed by atoms with Gasteiger partial charge in [0.2, 0.25) is 11.5 Å². The molecule has 0 spiro atoms. The molecule has 1 aliphatic carbocycles. The normalized spacial score (nSPS) is 27.0. The molecule has 0 bridgehead atoms. The highest BCUT2D eigenvalue weighted by atomic mass is 35.5. The summed E-state index contributed by atoms with van der Waals surface area (Å²) in [6.45, 7) is 1.73. The maximum Gasteiger partial charge on any atom is 0.264 e. The molecular formula is C20H25ClFN3O4. The van der Waals surface area contributed by atoms with Gasteiger partial charge in [-0.1, -0.05) is 11.6 Å². The van der Waals surface area contributed by atoms with Crippen molar-refractivity contribution < 1.29 is 23.9 Å². The minimum absolute atomic E-state index is 0.00714. The van der Waals surface area contributed by atoms with E-state index >= 15 is 0 Å². The molecule has 0 radical (unpaired) electrons.